The molecule has 1 aromatic heterocycles. The van der Waals surface area contributed by atoms with Crippen molar-refractivity contribution in [3.63, 3.8) is 0 Å². The Morgan fingerprint density at radius 3 is 2.56 bits per heavy atom. The molecule has 0 saturated carbocycles. The molecule has 0 spiro atoms. The molecule has 16 heavy (non-hydrogen) atoms. The van der Waals surface area contributed by atoms with Crippen molar-refractivity contribution < 1.29 is 0 Å². The Balaban J connectivity index is 2.50. The van der Waals surface area contributed by atoms with Crippen LogP contribution in [0.15, 0.2) is 36.5 Å². The van der Waals surface area contributed by atoms with Gasteiger partial charge in [-0.15, -0.1) is 6.42 Å². The van der Waals surface area contributed by atoms with Crippen LogP contribution in [0.2, 0.25) is 0 Å². The van der Waals surface area contributed by atoms with Crippen LogP contribution in [0.4, 0.5) is 0 Å². The fraction of sp³-hybridized carbons (Fsp3) is 0.133. The van der Waals surface area contributed by atoms with Gasteiger partial charge in [0.05, 0.1) is 5.69 Å². The van der Waals surface area contributed by atoms with Gasteiger partial charge in [0.1, 0.15) is 0 Å². The van der Waals surface area contributed by atoms with E-state index in [1.165, 1.54) is 16.7 Å². The average Bonchev–Trinajstić information content (AvgIpc) is 2.32. The highest BCUT2D eigenvalue weighted by atomic mass is 14.7. The summed E-state index contributed by atoms with van der Waals surface area (Å²) in [5.41, 5.74) is 5.42. The minimum absolute atomic E-state index is 0.814. The largest absolute Gasteiger partial charge is 0.255 e. The highest BCUT2D eigenvalue weighted by Gasteiger charge is 2.03. The van der Waals surface area contributed by atoms with Crippen LogP contribution in [0.1, 0.15) is 16.7 Å². The van der Waals surface area contributed by atoms with Crippen molar-refractivity contribution >= 4 is 0 Å². The first-order valence-electron chi connectivity index (χ1n) is 5.21. The van der Waals surface area contributed by atoms with E-state index in [0.717, 1.165) is 11.3 Å². The zero-order valence-electron chi connectivity index (χ0n) is 9.49. The first-order valence-corrected chi connectivity index (χ1v) is 5.21. The zero-order chi connectivity index (χ0) is 11.5. The minimum Gasteiger partial charge on any atom is -0.255 e. The topological polar surface area (TPSA) is 12.9 Å². The van der Waals surface area contributed by atoms with Gasteiger partial charge in [-0.2, -0.15) is 0 Å². The third-order valence-electron chi connectivity index (χ3n) is 2.60. The predicted octanol–water partition coefficient (Wildman–Crippen LogP) is 3.35. The molecule has 0 aliphatic heterocycles. The standard InChI is InChI=1S/C15H13N/c1-4-13-7-8-15(16-10-13)14-9-11(2)5-6-12(14)3/h1,5-10H,2-3H3. The van der Waals surface area contributed by atoms with Crippen LogP contribution in [0.5, 0.6) is 0 Å². The number of benzene rings is 1. The fourth-order valence-corrected chi connectivity index (χ4v) is 1.65. The molecule has 2 rings (SSSR count). The summed E-state index contributed by atoms with van der Waals surface area (Å²) in [6.07, 6.45) is 7.04. The molecule has 78 valence electrons. The van der Waals surface area contributed by atoms with Gasteiger partial charge in [-0.25, -0.2) is 0 Å². The van der Waals surface area contributed by atoms with Crippen LogP contribution in [0.3, 0.4) is 0 Å². The minimum atomic E-state index is 0.814. The molecule has 1 heteroatoms. The van der Waals surface area contributed by atoms with Crippen molar-refractivity contribution in [2.24, 2.45) is 0 Å². The quantitative estimate of drug-likeness (QED) is 0.653. The Morgan fingerprint density at radius 2 is 1.94 bits per heavy atom. The van der Waals surface area contributed by atoms with E-state index < -0.39 is 0 Å². The number of rotatable bonds is 1. The Morgan fingerprint density at radius 1 is 1.12 bits per heavy atom. The van der Waals surface area contributed by atoms with Crippen LogP contribution < -0.4 is 0 Å². The summed E-state index contributed by atoms with van der Waals surface area (Å²) >= 11 is 0. The van der Waals surface area contributed by atoms with Gasteiger partial charge in [0.25, 0.3) is 0 Å². The number of nitrogens with zero attached hydrogens (tertiary/aromatic N) is 1. The van der Waals surface area contributed by atoms with E-state index in [1.807, 2.05) is 12.1 Å². The molecule has 0 fully saturated rings. The van der Waals surface area contributed by atoms with Crippen LogP contribution >= 0.6 is 0 Å². The summed E-state index contributed by atoms with van der Waals surface area (Å²) in [5.74, 6) is 2.57. The number of aryl methyl sites for hydroxylation is 2. The fourth-order valence-electron chi connectivity index (χ4n) is 1.65. The molecule has 0 aliphatic carbocycles. The van der Waals surface area contributed by atoms with Crippen molar-refractivity contribution in [3.05, 3.63) is 53.2 Å². The van der Waals surface area contributed by atoms with Gasteiger partial charge >= 0.3 is 0 Å². The second kappa shape index (κ2) is 4.20. The van der Waals surface area contributed by atoms with E-state index in [0.29, 0.717) is 0 Å². The number of hydrogen-bond acceptors (Lipinski definition) is 1. The molecule has 0 N–H and O–H groups in total. The lowest BCUT2D eigenvalue weighted by molar-refractivity contribution is 1.28. The van der Waals surface area contributed by atoms with E-state index in [-0.39, 0.29) is 0 Å². The lowest BCUT2D eigenvalue weighted by atomic mass is 10.0. The summed E-state index contributed by atoms with van der Waals surface area (Å²) in [6.45, 7) is 4.17. The summed E-state index contributed by atoms with van der Waals surface area (Å²) in [7, 11) is 0. The SMILES string of the molecule is C#Cc1ccc(-c2cc(C)ccc2C)nc1. The molecule has 0 amide bonds. The molecule has 1 heterocycles. The Hall–Kier alpha value is -2.07. The van der Waals surface area contributed by atoms with Gasteiger partial charge in [-0.1, -0.05) is 23.6 Å². The van der Waals surface area contributed by atoms with Gasteiger partial charge in [-0.05, 0) is 37.6 Å². The van der Waals surface area contributed by atoms with E-state index in [4.69, 9.17) is 6.42 Å². The predicted molar refractivity (Wildman–Crippen MR) is 67.1 cm³/mol. The molecule has 0 radical (unpaired) electrons. The number of pyridine rings is 1. The summed E-state index contributed by atoms with van der Waals surface area (Å²) in [6, 6.07) is 10.3. The van der Waals surface area contributed by atoms with Crippen molar-refractivity contribution in [2.45, 2.75) is 13.8 Å². The monoisotopic (exact) mass is 207 g/mol. The molecular formula is C15H13N. The van der Waals surface area contributed by atoms with Crippen molar-refractivity contribution in [1.82, 2.24) is 4.98 Å². The average molecular weight is 207 g/mol. The third kappa shape index (κ3) is 1.97. The molecule has 0 saturated heterocycles. The molecule has 0 atom stereocenters. The molecule has 1 aromatic carbocycles. The lowest BCUT2D eigenvalue weighted by Crippen LogP contribution is -1.88. The number of hydrogen-bond donors (Lipinski definition) is 0. The summed E-state index contributed by atoms with van der Waals surface area (Å²) < 4.78 is 0. The van der Waals surface area contributed by atoms with E-state index in [1.54, 1.807) is 6.20 Å². The Kier molecular flexibility index (Phi) is 2.74. The van der Waals surface area contributed by atoms with Crippen molar-refractivity contribution in [3.8, 4) is 23.6 Å². The van der Waals surface area contributed by atoms with Gasteiger partial charge in [0.15, 0.2) is 0 Å². The van der Waals surface area contributed by atoms with Crippen LogP contribution in [-0.2, 0) is 0 Å². The molecule has 2 aromatic rings. The van der Waals surface area contributed by atoms with Gasteiger partial charge in [-0.3, -0.25) is 4.98 Å². The van der Waals surface area contributed by atoms with Gasteiger partial charge in [0, 0.05) is 17.3 Å². The summed E-state index contributed by atoms with van der Waals surface area (Å²) in [5, 5.41) is 0. The third-order valence-corrected chi connectivity index (χ3v) is 2.60. The maximum Gasteiger partial charge on any atom is 0.0705 e. The smallest absolute Gasteiger partial charge is 0.0705 e. The molecule has 0 unspecified atom stereocenters. The Labute approximate surface area is 96.2 Å². The molecule has 0 aliphatic rings. The van der Waals surface area contributed by atoms with E-state index in [9.17, 15) is 0 Å². The van der Waals surface area contributed by atoms with Crippen molar-refractivity contribution in [2.75, 3.05) is 0 Å². The highest BCUT2D eigenvalue weighted by molar-refractivity contribution is 5.64. The van der Waals surface area contributed by atoms with E-state index in [2.05, 4.69) is 43.0 Å². The van der Waals surface area contributed by atoms with Crippen LogP contribution in [0, 0.1) is 26.2 Å². The maximum atomic E-state index is 5.30. The first-order chi connectivity index (χ1) is 7.70. The Bertz CT molecular complexity index is 545. The number of aromatic nitrogens is 1. The lowest BCUT2D eigenvalue weighted by Gasteiger charge is -2.06. The second-order valence-corrected chi connectivity index (χ2v) is 3.89. The summed E-state index contributed by atoms with van der Waals surface area (Å²) in [4.78, 5) is 4.38. The second-order valence-electron chi connectivity index (χ2n) is 3.89. The highest BCUT2D eigenvalue weighted by Crippen LogP contribution is 2.22. The van der Waals surface area contributed by atoms with Crippen LogP contribution in [0.25, 0.3) is 11.3 Å². The molecular weight excluding hydrogens is 194 g/mol. The first kappa shape index (κ1) is 10.4. The zero-order valence-corrected chi connectivity index (χ0v) is 9.49. The van der Waals surface area contributed by atoms with Gasteiger partial charge in [0.2, 0.25) is 0 Å². The number of terminal acetylenes is 1. The van der Waals surface area contributed by atoms with E-state index >= 15 is 0 Å². The normalized spacial score (nSPS) is 9.81. The maximum absolute atomic E-state index is 5.30. The molecule has 0 bridgehead atoms. The molecule has 1 nitrogen and oxygen atoms in total. The van der Waals surface area contributed by atoms with Crippen molar-refractivity contribution in [1.29, 1.82) is 0 Å². The van der Waals surface area contributed by atoms with Gasteiger partial charge < -0.3 is 0 Å². The van der Waals surface area contributed by atoms with Crippen LogP contribution in [-0.4, -0.2) is 4.98 Å².